The minimum atomic E-state index is -0.314. The summed E-state index contributed by atoms with van der Waals surface area (Å²) in [4.78, 5) is 25.6. The molecule has 2 fully saturated rings. The van der Waals surface area contributed by atoms with Gasteiger partial charge < -0.3 is 10.2 Å². The maximum Gasteiger partial charge on any atom is 0.246 e. The SMILES string of the molecule is CCC1NC(=O)C(C)N(C2(C)CC2)C1=O. The average Bonchev–Trinajstić information content (AvgIpc) is 2.91. The zero-order valence-corrected chi connectivity index (χ0v) is 9.54. The first-order valence-electron chi connectivity index (χ1n) is 5.63. The van der Waals surface area contributed by atoms with E-state index < -0.39 is 0 Å². The van der Waals surface area contributed by atoms with Gasteiger partial charge in [-0.2, -0.15) is 0 Å². The molecule has 1 saturated carbocycles. The largest absolute Gasteiger partial charge is 0.343 e. The van der Waals surface area contributed by atoms with Gasteiger partial charge in [-0.05, 0) is 33.1 Å². The Kier molecular flexibility index (Phi) is 2.24. The van der Waals surface area contributed by atoms with Crippen molar-refractivity contribution in [1.29, 1.82) is 0 Å². The predicted molar refractivity (Wildman–Crippen MR) is 56.2 cm³/mol. The van der Waals surface area contributed by atoms with E-state index in [4.69, 9.17) is 0 Å². The van der Waals surface area contributed by atoms with Crippen LogP contribution in [0.15, 0.2) is 0 Å². The van der Waals surface area contributed by atoms with E-state index in [9.17, 15) is 9.59 Å². The Morgan fingerprint density at radius 3 is 2.53 bits per heavy atom. The van der Waals surface area contributed by atoms with Crippen LogP contribution in [-0.2, 0) is 9.59 Å². The number of piperazine rings is 1. The lowest BCUT2D eigenvalue weighted by Gasteiger charge is -2.41. The monoisotopic (exact) mass is 210 g/mol. The summed E-state index contributed by atoms with van der Waals surface area (Å²) in [5, 5.41) is 2.77. The van der Waals surface area contributed by atoms with Gasteiger partial charge in [0.1, 0.15) is 12.1 Å². The van der Waals surface area contributed by atoms with Crippen molar-refractivity contribution in [3.63, 3.8) is 0 Å². The fraction of sp³-hybridized carbons (Fsp3) is 0.818. The highest BCUT2D eigenvalue weighted by Gasteiger charge is 2.52. The van der Waals surface area contributed by atoms with Gasteiger partial charge in [0, 0.05) is 5.54 Å². The van der Waals surface area contributed by atoms with Crippen molar-refractivity contribution in [2.75, 3.05) is 0 Å². The summed E-state index contributed by atoms with van der Waals surface area (Å²) in [5.74, 6) is 0.0687. The lowest BCUT2D eigenvalue weighted by atomic mass is 10.0. The molecule has 1 aliphatic carbocycles. The quantitative estimate of drug-likeness (QED) is 0.728. The molecule has 84 valence electrons. The zero-order valence-electron chi connectivity index (χ0n) is 9.54. The normalized spacial score (nSPS) is 33.9. The molecule has 1 heterocycles. The summed E-state index contributed by atoms with van der Waals surface area (Å²) < 4.78 is 0. The third-order valence-electron chi connectivity index (χ3n) is 3.58. The van der Waals surface area contributed by atoms with Crippen molar-refractivity contribution in [3.05, 3.63) is 0 Å². The molecule has 2 amide bonds. The second kappa shape index (κ2) is 3.22. The van der Waals surface area contributed by atoms with Crippen LogP contribution >= 0.6 is 0 Å². The standard InChI is InChI=1S/C11H18N2O2/c1-4-8-10(15)13(11(3)5-6-11)7(2)9(14)12-8/h7-8H,4-6H2,1-3H3,(H,12,14). The van der Waals surface area contributed by atoms with E-state index >= 15 is 0 Å². The van der Waals surface area contributed by atoms with Crippen molar-refractivity contribution < 1.29 is 9.59 Å². The summed E-state index contributed by atoms with van der Waals surface area (Å²) in [6.45, 7) is 5.79. The topological polar surface area (TPSA) is 49.4 Å². The van der Waals surface area contributed by atoms with Crippen molar-refractivity contribution in [2.24, 2.45) is 0 Å². The Morgan fingerprint density at radius 2 is 2.07 bits per heavy atom. The zero-order chi connectivity index (χ0) is 11.2. The van der Waals surface area contributed by atoms with E-state index in [0.29, 0.717) is 6.42 Å². The molecule has 1 aliphatic heterocycles. The molecule has 2 aliphatic rings. The highest BCUT2D eigenvalue weighted by molar-refractivity contribution is 5.97. The molecule has 0 radical (unpaired) electrons. The summed E-state index contributed by atoms with van der Waals surface area (Å²) in [6, 6.07) is -0.626. The van der Waals surface area contributed by atoms with Gasteiger partial charge in [0.05, 0.1) is 0 Å². The Hall–Kier alpha value is -1.06. The Labute approximate surface area is 90.0 Å². The van der Waals surface area contributed by atoms with Gasteiger partial charge in [-0.15, -0.1) is 0 Å². The summed E-state index contributed by atoms with van der Waals surface area (Å²) in [5.41, 5.74) is -0.0539. The number of hydrogen-bond acceptors (Lipinski definition) is 2. The lowest BCUT2D eigenvalue weighted by molar-refractivity contribution is -0.152. The molecule has 4 nitrogen and oxygen atoms in total. The van der Waals surface area contributed by atoms with Gasteiger partial charge in [-0.3, -0.25) is 9.59 Å². The molecule has 0 aromatic heterocycles. The third-order valence-corrected chi connectivity index (χ3v) is 3.58. The van der Waals surface area contributed by atoms with Crippen LogP contribution in [0.2, 0.25) is 0 Å². The number of rotatable bonds is 2. The first-order valence-corrected chi connectivity index (χ1v) is 5.63. The second-order valence-electron chi connectivity index (χ2n) is 4.85. The third kappa shape index (κ3) is 1.52. The van der Waals surface area contributed by atoms with Crippen LogP contribution in [0.4, 0.5) is 0 Å². The van der Waals surface area contributed by atoms with Crippen LogP contribution in [0, 0.1) is 0 Å². The van der Waals surface area contributed by atoms with E-state index in [1.807, 2.05) is 13.8 Å². The average molecular weight is 210 g/mol. The van der Waals surface area contributed by atoms with Gasteiger partial charge in [0.15, 0.2) is 0 Å². The first-order chi connectivity index (χ1) is 6.99. The molecule has 1 N–H and O–H groups in total. The summed E-state index contributed by atoms with van der Waals surface area (Å²) in [6.07, 6.45) is 2.71. The molecule has 0 aromatic rings. The second-order valence-corrected chi connectivity index (χ2v) is 4.85. The van der Waals surface area contributed by atoms with Gasteiger partial charge >= 0.3 is 0 Å². The van der Waals surface area contributed by atoms with Crippen molar-refractivity contribution >= 4 is 11.8 Å². The van der Waals surface area contributed by atoms with E-state index in [2.05, 4.69) is 12.2 Å². The van der Waals surface area contributed by atoms with Gasteiger partial charge in [0.25, 0.3) is 0 Å². The number of nitrogens with zero attached hydrogens (tertiary/aromatic N) is 1. The molecule has 1 saturated heterocycles. The van der Waals surface area contributed by atoms with Gasteiger partial charge in [0.2, 0.25) is 11.8 Å². The maximum absolute atomic E-state index is 12.1. The van der Waals surface area contributed by atoms with E-state index in [1.54, 1.807) is 4.90 Å². The van der Waals surface area contributed by atoms with Crippen molar-refractivity contribution in [1.82, 2.24) is 10.2 Å². The van der Waals surface area contributed by atoms with E-state index in [-0.39, 0.29) is 29.4 Å². The van der Waals surface area contributed by atoms with Gasteiger partial charge in [-0.25, -0.2) is 0 Å². The van der Waals surface area contributed by atoms with Crippen LogP contribution in [0.1, 0.15) is 40.0 Å². The minimum Gasteiger partial charge on any atom is -0.343 e. The van der Waals surface area contributed by atoms with E-state index in [1.165, 1.54) is 0 Å². The van der Waals surface area contributed by atoms with Crippen LogP contribution in [-0.4, -0.2) is 34.3 Å². The Balaban J connectivity index is 2.25. The number of nitrogens with one attached hydrogen (secondary N) is 1. The van der Waals surface area contributed by atoms with Crippen molar-refractivity contribution in [2.45, 2.75) is 57.7 Å². The molecule has 2 rings (SSSR count). The number of carbonyl (C=O) groups is 2. The molecular formula is C11H18N2O2. The number of carbonyl (C=O) groups excluding carboxylic acids is 2. The number of amides is 2. The predicted octanol–water partition coefficient (Wildman–Crippen LogP) is 0.664. The van der Waals surface area contributed by atoms with Crippen LogP contribution in [0.5, 0.6) is 0 Å². The number of hydrogen-bond donors (Lipinski definition) is 1. The molecule has 0 aromatic carbocycles. The Morgan fingerprint density at radius 1 is 1.47 bits per heavy atom. The molecule has 0 spiro atoms. The molecule has 0 bridgehead atoms. The summed E-state index contributed by atoms with van der Waals surface area (Å²) in [7, 11) is 0. The van der Waals surface area contributed by atoms with E-state index in [0.717, 1.165) is 12.8 Å². The molecule has 15 heavy (non-hydrogen) atoms. The molecule has 2 atom stereocenters. The fourth-order valence-corrected chi connectivity index (χ4v) is 2.26. The lowest BCUT2D eigenvalue weighted by Crippen LogP contribution is -2.65. The Bertz CT molecular complexity index is 310. The minimum absolute atomic E-state index is 0.0189. The highest BCUT2D eigenvalue weighted by Crippen LogP contribution is 2.43. The molecule has 2 unspecified atom stereocenters. The first kappa shape index (κ1) is 10.5. The van der Waals surface area contributed by atoms with Gasteiger partial charge in [-0.1, -0.05) is 6.92 Å². The van der Waals surface area contributed by atoms with Crippen LogP contribution < -0.4 is 5.32 Å². The van der Waals surface area contributed by atoms with Crippen molar-refractivity contribution in [3.8, 4) is 0 Å². The molecule has 4 heteroatoms. The molecular weight excluding hydrogens is 192 g/mol. The highest BCUT2D eigenvalue weighted by atomic mass is 16.2. The van der Waals surface area contributed by atoms with Crippen LogP contribution in [0.25, 0.3) is 0 Å². The smallest absolute Gasteiger partial charge is 0.246 e. The van der Waals surface area contributed by atoms with Crippen LogP contribution in [0.3, 0.4) is 0 Å². The fourth-order valence-electron chi connectivity index (χ4n) is 2.26. The maximum atomic E-state index is 12.1. The summed E-state index contributed by atoms with van der Waals surface area (Å²) >= 11 is 0.